The van der Waals surface area contributed by atoms with Crippen molar-refractivity contribution in [1.29, 1.82) is 0 Å². The number of nitrogens with one attached hydrogen (secondary N) is 1. The first-order valence-electron chi connectivity index (χ1n) is 11.8. The van der Waals surface area contributed by atoms with Crippen LogP contribution >= 0.6 is 0 Å². The summed E-state index contributed by atoms with van der Waals surface area (Å²) in [6.07, 6.45) is 1.20. The highest BCUT2D eigenvalue weighted by Gasteiger charge is 2.27. The topological polar surface area (TPSA) is 69.7 Å². The van der Waals surface area contributed by atoms with Crippen LogP contribution in [0.3, 0.4) is 0 Å². The monoisotopic (exact) mass is 495 g/mol. The van der Waals surface area contributed by atoms with Gasteiger partial charge in [-0.1, -0.05) is 42.5 Å². The van der Waals surface area contributed by atoms with Gasteiger partial charge in [0.1, 0.15) is 5.82 Å². The van der Waals surface area contributed by atoms with Gasteiger partial charge in [0.15, 0.2) is 0 Å². The van der Waals surface area contributed by atoms with E-state index >= 15 is 0 Å². The van der Waals surface area contributed by atoms with Crippen molar-refractivity contribution in [3.8, 4) is 0 Å². The number of hydrogen-bond acceptors (Lipinski definition) is 4. The second-order valence-electron chi connectivity index (χ2n) is 8.66. The highest BCUT2D eigenvalue weighted by molar-refractivity contribution is 7.89. The number of hydrogen-bond donors (Lipinski definition) is 1. The maximum absolute atomic E-state index is 13.5. The second-order valence-corrected chi connectivity index (χ2v) is 10.4. The molecule has 184 valence electrons. The highest BCUT2D eigenvalue weighted by Crippen LogP contribution is 2.26. The molecule has 0 aliphatic carbocycles. The van der Waals surface area contributed by atoms with Crippen molar-refractivity contribution < 1.29 is 17.6 Å². The van der Waals surface area contributed by atoms with Crippen LogP contribution in [0, 0.1) is 5.82 Å². The van der Waals surface area contributed by atoms with Crippen molar-refractivity contribution in [1.82, 2.24) is 9.62 Å². The van der Waals surface area contributed by atoms with Crippen molar-refractivity contribution in [3.05, 3.63) is 95.8 Å². The fraction of sp³-hybridized carbons (Fsp3) is 0.296. The zero-order chi connectivity index (χ0) is 24.8. The summed E-state index contributed by atoms with van der Waals surface area (Å²) in [6, 6.07) is 22.1. The number of nitrogens with zero attached hydrogens (tertiary/aromatic N) is 2. The normalized spacial score (nSPS) is 14.6. The summed E-state index contributed by atoms with van der Waals surface area (Å²) in [4.78, 5) is 17.5. The van der Waals surface area contributed by atoms with Gasteiger partial charge in [-0.2, -0.15) is 0 Å². The Labute approximate surface area is 206 Å². The van der Waals surface area contributed by atoms with Crippen LogP contribution in [-0.2, 0) is 16.6 Å². The molecule has 8 heteroatoms. The summed E-state index contributed by atoms with van der Waals surface area (Å²) in [5.41, 5.74) is 2.59. The predicted molar refractivity (Wildman–Crippen MR) is 135 cm³/mol. The lowest BCUT2D eigenvalue weighted by Gasteiger charge is -2.35. The van der Waals surface area contributed by atoms with Gasteiger partial charge in [-0.3, -0.25) is 4.79 Å². The second kappa shape index (κ2) is 11.0. The Morgan fingerprint density at radius 3 is 2.26 bits per heavy atom. The van der Waals surface area contributed by atoms with Crippen LogP contribution in [0.2, 0.25) is 0 Å². The first-order chi connectivity index (χ1) is 16.9. The zero-order valence-electron chi connectivity index (χ0n) is 19.7. The Balaban J connectivity index is 1.43. The minimum Gasteiger partial charge on any atom is -0.371 e. The molecule has 35 heavy (non-hydrogen) atoms. The first kappa shape index (κ1) is 24.9. The van der Waals surface area contributed by atoms with Crippen LogP contribution < -0.4 is 9.62 Å². The lowest BCUT2D eigenvalue weighted by atomic mass is 10.0. The molecule has 3 aromatic carbocycles. The third kappa shape index (κ3) is 6.07. The molecule has 6 nitrogen and oxygen atoms in total. The molecule has 1 heterocycles. The zero-order valence-corrected chi connectivity index (χ0v) is 20.5. The fourth-order valence-corrected chi connectivity index (χ4v) is 5.68. The number of carbonyl (C=O) groups excluding carboxylic acids is 1. The molecule has 0 aromatic heterocycles. The molecule has 0 saturated carbocycles. The number of sulfonamides is 1. The van der Waals surface area contributed by atoms with E-state index in [4.69, 9.17) is 0 Å². The van der Waals surface area contributed by atoms with E-state index in [1.165, 1.54) is 12.1 Å². The lowest BCUT2D eigenvalue weighted by Crippen LogP contribution is -2.45. The molecule has 1 N–H and O–H groups in total. The predicted octanol–water partition coefficient (Wildman–Crippen LogP) is 4.44. The molecular weight excluding hydrogens is 465 g/mol. The van der Waals surface area contributed by atoms with Gasteiger partial charge >= 0.3 is 0 Å². The maximum atomic E-state index is 13.5. The molecule has 1 aliphatic heterocycles. The molecule has 0 unspecified atom stereocenters. The van der Waals surface area contributed by atoms with Crippen LogP contribution in [-0.4, -0.2) is 44.9 Å². The molecule has 0 radical (unpaired) electrons. The average Bonchev–Trinajstić information content (AvgIpc) is 2.88. The molecule has 1 fully saturated rings. The van der Waals surface area contributed by atoms with Gasteiger partial charge in [0.25, 0.3) is 5.91 Å². The minimum atomic E-state index is -3.72. The molecule has 1 amide bonds. The van der Waals surface area contributed by atoms with Gasteiger partial charge in [-0.15, -0.1) is 0 Å². The summed E-state index contributed by atoms with van der Waals surface area (Å²) >= 11 is 0. The third-order valence-electron chi connectivity index (χ3n) is 6.30. The minimum absolute atomic E-state index is 0.0221. The van der Waals surface area contributed by atoms with Crippen LogP contribution in [0.25, 0.3) is 0 Å². The largest absolute Gasteiger partial charge is 0.371 e. The van der Waals surface area contributed by atoms with E-state index in [1.54, 1.807) is 0 Å². The SMILES string of the molecule is CCN(Cc1ccccc1)C(=O)c1ccccc1N1CCC(NS(=O)(=O)c2ccc(F)cc2)CC1. The summed E-state index contributed by atoms with van der Waals surface area (Å²) in [5.74, 6) is -0.498. The number of piperidine rings is 1. The molecule has 3 aromatic rings. The van der Waals surface area contributed by atoms with Crippen molar-refractivity contribution in [2.45, 2.75) is 37.2 Å². The van der Waals surface area contributed by atoms with E-state index < -0.39 is 15.8 Å². The van der Waals surface area contributed by atoms with E-state index in [0.29, 0.717) is 44.6 Å². The van der Waals surface area contributed by atoms with Crippen LogP contribution in [0.5, 0.6) is 0 Å². The van der Waals surface area contributed by atoms with Crippen molar-refractivity contribution in [2.75, 3.05) is 24.5 Å². The summed E-state index contributed by atoms with van der Waals surface area (Å²) in [7, 11) is -3.72. The standard InChI is InChI=1S/C27H30FN3O3S/c1-2-30(20-21-8-4-3-5-9-21)27(32)25-10-6-7-11-26(25)31-18-16-23(17-19-31)29-35(33,34)24-14-12-22(28)13-15-24/h3-15,23,29H,2,16-20H2,1H3. The Bertz CT molecular complexity index is 1240. The Kier molecular flexibility index (Phi) is 7.83. The number of halogens is 1. The molecule has 0 spiro atoms. The van der Waals surface area contributed by atoms with Crippen molar-refractivity contribution >= 4 is 21.6 Å². The molecule has 0 bridgehead atoms. The number of carbonyl (C=O) groups is 1. The molecular formula is C27H30FN3O3S. The van der Waals surface area contributed by atoms with Gasteiger partial charge in [0.2, 0.25) is 10.0 Å². The van der Waals surface area contributed by atoms with Crippen LogP contribution in [0.4, 0.5) is 10.1 Å². The quantitative estimate of drug-likeness (QED) is 0.502. The number of rotatable bonds is 8. The smallest absolute Gasteiger partial charge is 0.256 e. The van der Waals surface area contributed by atoms with Gasteiger partial charge in [0, 0.05) is 37.9 Å². The first-order valence-corrected chi connectivity index (χ1v) is 13.3. The van der Waals surface area contributed by atoms with E-state index in [1.807, 2.05) is 66.4 Å². The number of para-hydroxylation sites is 1. The highest BCUT2D eigenvalue weighted by atomic mass is 32.2. The van der Waals surface area contributed by atoms with Gasteiger partial charge in [-0.25, -0.2) is 17.5 Å². The fourth-order valence-electron chi connectivity index (χ4n) is 4.37. The number of anilines is 1. The van der Waals surface area contributed by atoms with E-state index in [2.05, 4.69) is 9.62 Å². The molecule has 1 saturated heterocycles. The summed E-state index contributed by atoms with van der Waals surface area (Å²) < 4.78 is 41.2. The molecule has 1 aliphatic rings. The molecule has 4 rings (SSSR count). The lowest BCUT2D eigenvalue weighted by molar-refractivity contribution is 0.0753. The van der Waals surface area contributed by atoms with Crippen LogP contribution in [0.15, 0.2) is 83.8 Å². The van der Waals surface area contributed by atoms with E-state index in [0.717, 1.165) is 23.4 Å². The van der Waals surface area contributed by atoms with E-state index in [9.17, 15) is 17.6 Å². The Morgan fingerprint density at radius 2 is 1.60 bits per heavy atom. The van der Waals surface area contributed by atoms with E-state index in [-0.39, 0.29) is 16.8 Å². The van der Waals surface area contributed by atoms with Gasteiger partial charge in [0.05, 0.1) is 10.5 Å². The maximum Gasteiger partial charge on any atom is 0.256 e. The number of benzene rings is 3. The molecule has 0 atom stereocenters. The third-order valence-corrected chi connectivity index (χ3v) is 7.84. The average molecular weight is 496 g/mol. The van der Waals surface area contributed by atoms with Crippen LogP contribution in [0.1, 0.15) is 35.7 Å². The Morgan fingerprint density at radius 1 is 0.971 bits per heavy atom. The van der Waals surface area contributed by atoms with Gasteiger partial charge in [-0.05, 0) is 61.7 Å². The summed E-state index contributed by atoms with van der Waals surface area (Å²) in [5, 5.41) is 0. The number of amides is 1. The van der Waals surface area contributed by atoms with Crippen molar-refractivity contribution in [3.63, 3.8) is 0 Å². The Hall–Kier alpha value is -3.23. The van der Waals surface area contributed by atoms with Gasteiger partial charge < -0.3 is 9.80 Å². The summed E-state index contributed by atoms with van der Waals surface area (Å²) in [6.45, 7) is 4.34. The van der Waals surface area contributed by atoms with Crippen molar-refractivity contribution in [2.24, 2.45) is 0 Å².